The maximum atomic E-state index is 4.74. The minimum Gasteiger partial charge on any atom is -0.355 e. The van der Waals surface area contributed by atoms with Gasteiger partial charge in [0.2, 0.25) is 0 Å². The number of aliphatic imine (C=N–C) groups is 1. The average molecular weight is 502 g/mol. The number of thiazole rings is 1. The number of hydrogen-bond donors (Lipinski definition) is 2. The van der Waals surface area contributed by atoms with Gasteiger partial charge in [0.25, 0.3) is 0 Å². The summed E-state index contributed by atoms with van der Waals surface area (Å²) in [6, 6.07) is 10.6. The summed E-state index contributed by atoms with van der Waals surface area (Å²) in [5.74, 6) is 2.16. The lowest BCUT2D eigenvalue weighted by molar-refractivity contribution is 0.723. The number of rotatable bonds is 7. The summed E-state index contributed by atoms with van der Waals surface area (Å²) in [6.07, 6.45) is 4.70. The molecular formula is C19H27IN4S2. The van der Waals surface area contributed by atoms with Crippen molar-refractivity contribution in [3.63, 3.8) is 0 Å². The quantitative estimate of drug-likeness (QED) is 0.340. The van der Waals surface area contributed by atoms with Crippen LogP contribution >= 0.6 is 47.1 Å². The molecule has 0 aliphatic carbocycles. The first-order chi connectivity index (χ1) is 12.3. The van der Waals surface area contributed by atoms with E-state index in [1.54, 1.807) is 11.3 Å². The van der Waals surface area contributed by atoms with Crippen LogP contribution in [0.25, 0.3) is 0 Å². The summed E-state index contributed by atoms with van der Waals surface area (Å²) in [4.78, 5) is 9.05. The van der Waals surface area contributed by atoms with E-state index in [0.29, 0.717) is 0 Å². The molecule has 1 aromatic heterocycles. The van der Waals surface area contributed by atoms with Gasteiger partial charge in [-0.2, -0.15) is 11.8 Å². The van der Waals surface area contributed by atoms with E-state index in [9.17, 15) is 0 Å². The highest BCUT2D eigenvalue weighted by Crippen LogP contribution is 2.25. The molecule has 2 heterocycles. The fraction of sp³-hybridized carbons (Fsp3) is 0.474. The Balaban J connectivity index is 0.00000243. The Hall–Kier alpha value is -0.800. The predicted molar refractivity (Wildman–Crippen MR) is 125 cm³/mol. The number of halogens is 1. The molecule has 1 aliphatic rings. The average Bonchev–Trinajstić information content (AvgIpc) is 3.33. The molecule has 0 bridgehead atoms. The van der Waals surface area contributed by atoms with Crippen LogP contribution in [-0.4, -0.2) is 35.5 Å². The minimum absolute atomic E-state index is 0. The van der Waals surface area contributed by atoms with E-state index >= 15 is 0 Å². The van der Waals surface area contributed by atoms with Crippen molar-refractivity contribution in [2.45, 2.75) is 37.5 Å². The van der Waals surface area contributed by atoms with Crippen LogP contribution in [0, 0.1) is 0 Å². The maximum Gasteiger partial charge on any atom is 0.191 e. The zero-order valence-corrected chi connectivity index (χ0v) is 19.1. The van der Waals surface area contributed by atoms with E-state index in [4.69, 9.17) is 4.98 Å². The van der Waals surface area contributed by atoms with Crippen LogP contribution in [0.3, 0.4) is 0 Å². The molecule has 0 saturated carbocycles. The second kappa shape index (κ2) is 11.8. The molecule has 0 radical (unpaired) electrons. The molecule has 2 aromatic rings. The number of guanidine groups is 1. The Morgan fingerprint density at radius 3 is 2.81 bits per heavy atom. The molecule has 0 spiro atoms. The second-order valence-corrected chi connectivity index (χ2v) is 8.51. The Bertz CT molecular complexity index is 669. The van der Waals surface area contributed by atoms with Crippen LogP contribution in [0.4, 0.5) is 0 Å². The van der Waals surface area contributed by atoms with Gasteiger partial charge in [0.05, 0.1) is 17.2 Å². The lowest BCUT2D eigenvalue weighted by atomic mass is 10.1. The summed E-state index contributed by atoms with van der Waals surface area (Å²) in [5, 5.41) is 10.9. The molecule has 1 aliphatic heterocycles. The number of nitrogens with zero attached hydrogens (tertiary/aromatic N) is 2. The van der Waals surface area contributed by atoms with Crippen molar-refractivity contribution in [1.82, 2.24) is 15.6 Å². The number of aryl methyl sites for hydroxylation is 2. The van der Waals surface area contributed by atoms with Gasteiger partial charge in [0, 0.05) is 30.6 Å². The van der Waals surface area contributed by atoms with Gasteiger partial charge in [-0.3, -0.25) is 4.99 Å². The molecule has 0 amide bonds. The molecule has 7 heteroatoms. The normalized spacial score (nSPS) is 17.0. The standard InChI is InChI=1S/C19H26N4S2.HI/c1-20-19(22-13-17-8-5-11-24-17)21-12-16-14-25-18(23-16)10-9-15-6-3-2-4-7-15;/h2-4,6-7,14,17H,5,8-13H2,1H3,(H2,20,21,22);1H. The number of nitrogens with one attached hydrogen (secondary N) is 2. The third-order valence-corrected chi connectivity index (χ3v) is 6.61. The fourth-order valence-electron chi connectivity index (χ4n) is 2.85. The van der Waals surface area contributed by atoms with Gasteiger partial charge >= 0.3 is 0 Å². The Morgan fingerprint density at radius 1 is 1.23 bits per heavy atom. The summed E-state index contributed by atoms with van der Waals surface area (Å²) >= 11 is 3.81. The third kappa shape index (κ3) is 7.08. The van der Waals surface area contributed by atoms with Crippen LogP contribution in [0.2, 0.25) is 0 Å². The van der Waals surface area contributed by atoms with Crippen LogP contribution < -0.4 is 10.6 Å². The molecule has 142 valence electrons. The summed E-state index contributed by atoms with van der Waals surface area (Å²) < 4.78 is 0. The molecule has 1 atom stereocenters. The van der Waals surface area contributed by atoms with E-state index < -0.39 is 0 Å². The van der Waals surface area contributed by atoms with Gasteiger partial charge in [0.1, 0.15) is 0 Å². The number of aromatic nitrogens is 1. The zero-order valence-electron chi connectivity index (χ0n) is 15.1. The molecule has 1 fully saturated rings. The Morgan fingerprint density at radius 2 is 2.08 bits per heavy atom. The SMILES string of the molecule is CN=C(NCc1csc(CCc2ccccc2)n1)NCC1CCCS1.I. The summed E-state index contributed by atoms with van der Waals surface area (Å²) in [6.45, 7) is 1.71. The van der Waals surface area contributed by atoms with Crippen molar-refractivity contribution in [2.24, 2.45) is 4.99 Å². The first kappa shape index (κ1) is 21.5. The zero-order chi connectivity index (χ0) is 17.3. The number of thioether (sulfide) groups is 1. The van der Waals surface area contributed by atoms with Crippen LogP contribution in [-0.2, 0) is 19.4 Å². The molecule has 26 heavy (non-hydrogen) atoms. The third-order valence-electron chi connectivity index (χ3n) is 4.25. The summed E-state index contributed by atoms with van der Waals surface area (Å²) in [5.41, 5.74) is 2.46. The van der Waals surface area contributed by atoms with Crippen molar-refractivity contribution in [3.05, 3.63) is 52.0 Å². The van der Waals surface area contributed by atoms with Gasteiger partial charge in [-0.1, -0.05) is 30.3 Å². The van der Waals surface area contributed by atoms with Crippen molar-refractivity contribution in [3.8, 4) is 0 Å². The smallest absolute Gasteiger partial charge is 0.191 e. The van der Waals surface area contributed by atoms with Gasteiger partial charge in [-0.15, -0.1) is 35.3 Å². The minimum atomic E-state index is 0. The lowest BCUT2D eigenvalue weighted by Crippen LogP contribution is -2.39. The Labute approximate surface area is 181 Å². The fourth-order valence-corrected chi connectivity index (χ4v) is 4.85. The van der Waals surface area contributed by atoms with E-state index in [-0.39, 0.29) is 24.0 Å². The summed E-state index contributed by atoms with van der Waals surface area (Å²) in [7, 11) is 1.82. The molecule has 1 saturated heterocycles. The van der Waals surface area contributed by atoms with Gasteiger partial charge in [0.15, 0.2) is 5.96 Å². The van der Waals surface area contributed by atoms with Gasteiger partial charge in [-0.05, 0) is 30.6 Å². The van der Waals surface area contributed by atoms with Gasteiger partial charge < -0.3 is 10.6 Å². The molecule has 4 nitrogen and oxygen atoms in total. The van der Waals surface area contributed by atoms with E-state index in [2.05, 4.69) is 63.1 Å². The highest BCUT2D eigenvalue weighted by atomic mass is 127. The highest BCUT2D eigenvalue weighted by molar-refractivity contribution is 14.0. The van der Waals surface area contributed by atoms with E-state index in [0.717, 1.165) is 42.8 Å². The van der Waals surface area contributed by atoms with Gasteiger partial charge in [-0.25, -0.2) is 4.98 Å². The van der Waals surface area contributed by atoms with Crippen molar-refractivity contribution < 1.29 is 0 Å². The van der Waals surface area contributed by atoms with Crippen LogP contribution in [0.15, 0.2) is 40.7 Å². The van der Waals surface area contributed by atoms with Crippen molar-refractivity contribution in [2.75, 3.05) is 19.3 Å². The molecule has 1 unspecified atom stereocenters. The Kier molecular flexibility index (Phi) is 9.77. The first-order valence-electron chi connectivity index (χ1n) is 8.87. The number of benzene rings is 1. The maximum absolute atomic E-state index is 4.74. The predicted octanol–water partition coefficient (Wildman–Crippen LogP) is 4.11. The van der Waals surface area contributed by atoms with Crippen LogP contribution in [0.5, 0.6) is 0 Å². The van der Waals surface area contributed by atoms with E-state index in [1.165, 1.54) is 29.2 Å². The van der Waals surface area contributed by atoms with Crippen LogP contribution in [0.1, 0.15) is 29.1 Å². The molecular weight excluding hydrogens is 475 g/mol. The van der Waals surface area contributed by atoms with E-state index in [1.807, 2.05) is 7.05 Å². The molecule has 3 rings (SSSR count). The first-order valence-corrected chi connectivity index (χ1v) is 10.8. The lowest BCUT2D eigenvalue weighted by Gasteiger charge is -2.14. The van der Waals surface area contributed by atoms with Crippen molar-refractivity contribution in [1.29, 1.82) is 0 Å². The molecule has 1 aromatic carbocycles. The topological polar surface area (TPSA) is 49.3 Å². The second-order valence-electron chi connectivity index (χ2n) is 6.16. The molecule has 2 N–H and O–H groups in total. The monoisotopic (exact) mass is 502 g/mol. The van der Waals surface area contributed by atoms with Crippen molar-refractivity contribution >= 4 is 53.0 Å². The highest BCUT2D eigenvalue weighted by Gasteiger charge is 2.15. The number of hydrogen-bond acceptors (Lipinski definition) is 4. The largest absolute Gasteiger partial charge is 0.355 e.